The molecule has 3 aromatic carbocycles. The molecule has 5 rings (SSSR count). The van der Waals surface area contributed by atoms with E-state index in [2.05, 4.69) is 109 Å². The zero-order valence-electron chi connectivity index (χ0n) is 20.4. The van der Waals surface area contributed by atoms with E-state index in [1.807, 2.05) is 6.07 Å². The summed E-state index contributed by atoms with van der Waals surface area (Å²) in [5.74, 6) is 1.92. The third kappa shape index (κ3) is 6.08. The molecule has 1 aliphatic rings. The van der Waals surface area contributed by atoms with Crippen LogP contribution in [-0.4, -0.2) is 10.6 Å². The molecular formula is C30H32IN3O. The van der Waals surface area contributed by atoms with Crippen LogP contribution in [0.5, 0.6) is 0 Å². The smallest absolute Gasteiger partial charge is 0.333 e. The fraction of sp³-hybridized carbons (Fsp3) is 0.267. The lowest BCUT2D eigenvalue weighted by atomic mass is 9.95. The number of rotatable bonds is 7. The third-order valence-electron chi connectivity index (χ3n) is 6.44. The fourth-order valence-corrected chi connectivity index (χ4v) is 4.60. The summed E-state index contributed by atoms with van der Waals surface area (Å²) in [6, 6.07) is 31.7. The van der Waals surface area contributed by atoms with Crippen molar-refractivity contribution in [1.29, 1.82) is 0 Å². The third-order valence-corrected chi connectivity index (χ3v) is 6.44. The normalized spacial score (nSPS) is 14.0. The number of halogens is 1. The molecule has 35 heavy (non-hydrogen) atoms. The molecule has 0 bridgehead atoms. The standard InChI is InChI=1S/C30H31N3O.HI/c1-30(2)20-27-26(22-34-30)28(31-21-24-14-8-4-9-15-24)32-29(25-16-10-5-11-17-25)33(27)19-18-23-12-6-3-7-13-23;/h3-17H,18-22H2,1-2H3;1H. The van der Waals surface area contributed by atoms with E-state index in [9.17, 15) is 0 Å². The lowest BCUT2D eigenvalue weighted by Gasteiger charge is -2.32. The van der Waals surface area contributed by atoms with Crippen molar-refractivity contribution in [3.05, 3.63) is 113 Å². The number of nitrogens with one attached hydrogen (secondary N) is 1. The van der Waals surface area contributed by atoms with Gasteiger partial charge in [-0.1, -0.05) is 78.9 Å². The molecule has 0 spiro atoms. The molecule has 5 heteroatoms. The van der Waals surface area contributed by atoms with Crippen molar-refractivity contribution in [1.82, 2.24) is 4.98 Å². The Kier molecular flexibility index (Phi) is 8.19. The van der Waals surface area contributed by atoms with Crippen LogP contribution in [0.2, 0.25) is 0 Å². The van der Waals surface area contributed by atoms with Crippen molar-refractivity contribution in [3.63, 3.8) is 0 Å². The zero-order chi connectivity index (χ0) is 23.4. The molecule has 0 saturated carbocycles. The molecule has 1 N–H and O–H groups in total. The van der Waals surface area contributed by atoms with E-state index in [4.69, 9.17) is 9.72 Å². The summed E-state index contributed by atoms with van der Waals surface area (Å²) in [4.78, 5) is 5.20. The quantitative estimate of drug-likeness (QED) is 0.271. The molecule has 0 radical (unpaired) electrons. The second-order valence-corrected chi connectivity index (χ2v) is 9.53. The van der Waals surface area contributed by atoms with Gasteiger partial charge in [0.2, 0.25) is 0 Å². The minimum absolute atomic E-state index is 0. The van der Waals surface area contributed by atoms with Gasteiger partial charge < -0.3 is 34.0 Å². The van der Waals surface area contributed by atoms with Crippen LogP contribution >= 0.6 is 0 Å². The van der Waals surface area contributed by atoms with E-state index < -0.39 is 0 Å². The highest BCUT2D eigenvalue weighted by molar-refractivity contribution is 5.57. The van der Waals surface area contributed by atoms with Gasteiger partial charge in [-0.2, -0.15) is 0 Å². The molecule has 180 valence electrons. The van der Waals surface area contributed by atoms with Crippen molar-refractivity contribution in [2.75, 3.05) is 5.32 Å². The van der Waals surface area contributed by atoms with Crippen molar-refractivity contribution in [2.24, 2.45) is 0 Å². The van der Waals surface area contributed by atoms with Crippen molar-refractivity contribution >= 4 is 5.82 Å². The molecule has 4 nitrogen and oxygen atoms in total. The number of aromatic nitrogens is 2. The zero-order valence-corrected chi connectivity index (χ0v) is 22.5. The van der Waals surface area contributed by atoms with E-state index >= 15 is 0 Å². The number of benzene rings is 3. The van der Waals surface area contributed by atoms with Crippen LogP contribution < -0.4 is 33.9 Å². The average molecular weight is 578 g/mol. The summed E-state index contributed by atoms with van der Waals surface area (Å²) in [5, 5.41) is 3.62. The second kappa shape index (κ2) is 11.3. The van der Waals surface area contributed by atoms with Gasteiger partial charge in [0.25, 0.3) is 5.82 Å². The molecule has 1 aromatic heterocycles. The highest BCUT2D eigenvalue weighted by Crippen LogP contribution is 2.31. The molecular weight excluding hydrogens is 545 g/mol. The number of ether oxygens (including phenoxy) is 1. The molecule has 2 heterocycles. The first kappa shape index (κ1) is 25.3. The average Bonchev–Trinajstić information content (AvgIpc) is 2.87. The summed E-state index contributed by atoms with van der Waals surface area (Å²) < 4.78 is 8.68. The van der Waals surface area contributed by atoms with E-state index in [-0.39, 0.29) is 29.6 Å². The van der Waals surface area contributed by atoms with Crippen LogP contribution in [0.4, 0.5) is 5.82 Å². The van der Waals surface area contributed by atoms with Crippen LogP contribution in [0.25, 0.3) is 11.4 Å². The Morgan fingerprint density at radius 2 is 1.46 bits per heavy atom. The number of hydrogen-bond donors (Lipinski definition) is 1. The van der Waals surface area contributed by atoms with Gasteiger partial charge in [0.05, 0.1) is 29.9 Å². The van der Waals surface area contributed by atoms with Gasteiger partial charge in [-0.25, -0.2) is 4.57 Å². The van der Waals surface area contributed by atoms with Gasteiger partial charge in [-0.05, 0) is 42.1 Å². The SMILES string of the molecule is CC1(C)Cc2c(c(NCc3ccccc3)nc(-c3ccccc3)[n+]2CCc2ccccc2)CO1.[I-]. The largest absolute Gasteiger partial charge is 1.00 e. The van der Waals surface area contributed by atoms with Crippen LogP contribution in [0, 0.1) is 0 Å². The first-order chi connectivity index (χ1) is 16.6. The van der Waals surface area contributed by atoms with E-state index in [1.165, 1.54) is 22.4 Å². The fourth-order valence-electron chi connectivity index (χ4n) is 4.60. The minimum atomic E-state index is -0.215. The molecule has 4 aromatic rings. The van der Waals surface area contributed by atoms with Gasteiger partial charge in [0.1, 0.15) is 5.69 Å². The van der Waals surface area contributed by atoms with E-state index in [0.29, 0.717) is 6.61 Å². The molecule has 0 atom stereocenters. The van der Waals surface area contributed by atoms with Gasteiger partial charge in [-0.3, -0.25) is 0 Å². The molecule has 0 unspecified atom stereocenters. The van der Waals surface area contributed by atoms with Crippen molar-refractivity contribution in [2.45, 2.75) is 52.0 Å². The maximum Gasteiger partial charge on any atom is 0.333 e. The lowest BCUT2D eigenvalue weighted by molar-refractivity contribution is -0.697. The maximum atomic E-state index is 6.25. The molecule has 1 aliphatic heterocycles. The van der Waals surface area contributed by atoms with Crippen LogP contribution in [0.1, 0.15) is 36.2 Å². The summed E-state index contributed by atoms with van der Waals surface area (Å²) >= 11 is 0. The summed E-state index contributed by atoms with van der Waals surface area (Å²) in [5.41, 5.74) is 5.97. The summed E-state index contributed by atoms with van der Waals surface area (Å²) in [6.07, 6.45) is 1.80. The molecule has 0 aliphatic carbocycles. The van der Waals surface area contributed by atoms with Crippen molar-refractivity contribution < 1.29 is 33.3 Å². The highest BCUT2D eigenvalue weighted by Gasteiger charge is 2.36. The Morgan fingerprint density at radius 1 is 0.857 bits per heavy atom. The first-order valence-corrected chi connectivity index (χ1v) is 12.1. The number of fused-ring (bicyclic) bond motifs is 1. The summed E-state index contributed by atoms with van der Waals surface area (Å²) in [7, 11) is 0. The second-order valence-electron chi connectivity index (χ2n) is 9.53. The van der Waals surface area contributed by atoms with Gasteiger partial charge in [0.15, 0.2) is 0 Å². The Morgan fingerprint density at radius 3 is 2.11 bits per heavy atom. The topological polar surface area (TPSA) is 38.0 Å². The minimum Gasteiger partial charge on any atom is -1.00 e. The first-order valence-electron chi connectivity index (χ1n) is 12.1. The molecule has 0 saturated heterocycles. The van der Waals surface area contributed by atoms with Gasteiger partial charge >= 0.3 is 5.82 Å². The molecule has 0 fully saturated rings. The van der Waals surface area contributed by atoms with Gasteiger partial charge in [0, 0.05) is 19.4 Å². The Hall–Kier alpha value is -2.77. The molecule has 0 amide bonds. The number of aryl methyl sites for hydroxylation is 1. The Bertz CT molecular complexity index is 1250. The van der Waals surface area contributed by atoms with Crippen LogP contribution in [0.15, 0.2) is 91.0 Å². The highest BCUT2D eigenvalue weighted by atomic mass is 127. The lowest BCUT2D eigenvalue weighted by Crippen LogP contribution is -3.00. The Balaban J connectivity index is 0.00000289. The van der Waals surface area contributed by atoms with Crippen LogP contribution in [-0.2, 0) is 37.3 Å². The number of anilines is 1. The Labute approximate surface area is 225 Å². The predicted octanol–water partition coefficient (Wildman–Crippen LogP) is 2.75. The number of hydrogen-bond acceptors (Lipinski definition) is 3. The monoisotopic (exact) mass is 577 g/mol. The van der Waals surface area contributed by atoms with Crippen LogP contribution in [0.3, 0.4) is 0 Å². The predicted molar refractivity (Wildman–Crippen MR) is 136 cm³/mol. The van der Waals surface area contributed by atoms with Gasteiger partial charge in [-0.15, -0.1) is 0 Å². The summed E-state index contributed by atoms with van der Waals surface area (Å²) in [6.45, 7) is 6.52. The van der Waals surface area contributed by atoms with E-state index in [0.717, 1.165) is 43.1 Å². The van der Waals surface area contributed by atoms with Crippen molar-refractivity contribution in [3.8, 4) is 11.4 Å². The maximum absolute atomic E-state index is 6.25. The van der Waals surface area contributed by atoms with E-state index in [1.54, 1.807) is 0 Å². The number of nitrogens with zero attached hydrogens (tertiary/aromatic N) is 2.